The zero-order valence-electron chi connectivity index (χ0n) is 5.70. The number of hydrogen-bond acceptors (Lipinski definition) is 1. The first-order chi connectivity index (χ1) is 5.07. The van der Waals surface area contributed by atoms with Crippen molar-refractivity contribution in [3.8, 4) is 0 Å². The minimum Gasteiger partial charge on any atom is -0.481 e. The summed E-state index contributed by atoms with van der Waals surface area (Å²) >= 11 is 0. The molecule has 0 fully saturated rings. The molecule has 9 heteroatoms. The van der Waals surface area contributed by atoms with E-state index in [0.29, 0.717) is 0 Å². The fraction of sp³-hybridized carbons (Fsp3) is 0.750. The minimum absolute atomic E-state index is 0. The van der Waals surface area contributed by atoms with Gasteiger partial charge >= 0.3 is 18.3 Å². The number of alkyl halides is 6. The second kappa shape index (κ2) is 3.81. The van der Waals surface area contributed by atoms with Crippen LogP contribution in [-0.2, 0) is 4.79 Å². The van der Waals surface area contributed by atoms with Crippen LogP contribution in [0, 0.1) is 5.92 Å². The molecular formula is C4H4F6O3. The van der Waals surface area contributed by atoms with Crippen LogP contribution in [0.1, 0.15) is 0 Å². The van der Waals surface area contributed by atoms with Crippen LogP contribution < -0.4 is 0 Å². The molecule has 13 heavy (non-hydrogen) atoms. The molecule has 0 radical (unpaired) electrons. The lowest BCUT2D eigenvalue weighted by atomic mass is 10.1. The molecule has 0 atom stereocenters. The van der Waals surface area contributed by atoms with Gasteiger partial charge in [0.05, 0.1) is 0 Å². The largest absolute Gasteiger partial charge is 0.481 e. The van der Waals surface area contributed by atoms with E-state index in [2.05, 4.69) is 0 Å². The van der Waals surface area contributed by atoms with Crippen molar-refractivity contribution in [2.24, 2.45) is 5.92 Å². The van der Waals surface area contributed by atoms with E-state index >= 15 is 0 Å². The van der Waals surface area contributed by atoms with E-state index in [0.717, 1.165) is 0 Å². The topological polar surface area (TPSA) is 68.8 Å². The fourth-order valence-electron chi connectivity index (χ4n) is 0.466. The maximum Gasteiger partial charge on any atom is 0.411 e. The summed E-state index contributed by atoms with van der Waals surface area (Å²) in [5.41, 5.74) is 0. The highest BCUT2D eigenvalue weighted by atomic mass is 19.4. The third-order valence-electron chi connectivity index (χ3n) is 0.902. The molecule has 0 unspecified atom stereocenters. The molecule has 0 saturated carbocycles. The van der Waals surface area contributed by atoms with E-state index in [1.54, 1.807) is 0 Å². The molecule has 0 aromatic carbocycles. The minimum atomic E-state index is -5.80. The number of carboxylic acid groups (broad SMARTS) is 1. The Hall–Kier alpha value is -0.990. The van der Waals surface area contributed by atoms with Gasteiger partial charge in [0.2, 0.25) is 5.92 Å². The first-order valence-corrected chi connectivity index (χ1v) is 2.43. The number of carbonyl (C=O) groups is 1. The van der Waals surface area contributed by atoms with Crippen LogP contribution in [0.5, 0.6) is 0 Å². The maximum atomic E-state index is 11.4. The Balaban J connectivity index is 0. The highest BCUT2D eigenvalue weighted by molar-refractivity contribution is 5.71. The molecule has 0 aliphatic carbocycles. The Bertz CT molecular complexity index is 167. The molecule has 0 aliphatic rings. The van der Waals surface area contributed by atoms with E-state index in [-0.39, 0.29) is 5.48 Å². The molecule has 0 bridgehead atoms. The van der Waals surface area contributed by atoms with Gasteiger partial charge in [-0.05, 0) is 0 Å². The summed E-state index contributed by atoms with van der Waals surface area (Å²) in [6.07, 6.45) is -11.6. The number of rotatable bonds is 1. The first kappa shape index (κ1) is 14.5. The van der Waals surface area contributed by atoms with Crippen LogP contribution in [0.25, 0.3) is 0 Å². The molecule has 0 aromatic rings. The number of hydrogen-bond donors (Lipinski definition) is 1. The van der Waals surface area contributed by atoms with Crippen molar-refractivity contribution in [3.63, 3.8) is 0 Å². The van der Waals surface area contributed by atoms with Crippen LogP contribution in [0.15, 0.2) is 0 Å². The summed E-state index contributed by atoms with van der Waals surface area (Å²) < 4.78 is 68.2. The van der Waals surface area contributed by atoms with Crippen molar-refractivity contribution < 1.29 is 41.7 Å². The average Bonchev–Trinajstić information content (AvgIpc) is 1.49. The molecule has 0 rings (SSSR count). The normalized spacial score (nSPS) is 12.5. The van der Waals surface area contributed by atoms with Gasteiger partial charge in [-0.15, -0.1) is 0 Å². The van der Waals surface area contributed by atoms with Crippen molar-refractivity contribution in [2.75, 3.05) is 0 Å². The van der Waals surface area contributed by atoms with E-state index < -0.39 is 24.2 Å². The Morgan fingerprint density at radius 3 is 1.23 bits per heavy atom. The lowest BCUT2D eigenvalue weighted by Gasteiger charge is -2.18. The molecule has 0 aromatic heterocycles. The van der Waals surface area contributed by atoms with Gasteiger partial charge in [0, 0.05) is 0 Å². The molecule has 3 N–H and O–H groups in total. The van der Waals surface area contributed by atoms with Crippen molar-refractivity contribution in [1.82, 2.24) is 0 Å². The monoisotopic (exact) mass is 214 g/mol. The molecule has 0 aliphatic heterocycles. The molecule has 0 heterocycles. The quantitative estimate of drug-likeness (QED) is 0.661. The average molecular weight is 214 g/mol. The van der Waals surface area contributed by atoms with Gasteiger partial charge in [-0.3, -0.25) is 4.79 Å². The van der Waals surface area contributed by atoms with Crippen molar-refractivity contribution in [1.29, 1.82) is 0 Å². The van der Waals surface area contributed by atoms with Gasteiger partial charge in [0.15, 0.2) is 0 Å². The Labute approximate surface area is 67.3 Å². The van der Waals surface area contributed by atoms with Crippen LogP contribution in [-0.4, -0.2) is 28.9 Å². The van der Waals surface area contributed by atoms with Crippen LogP contribution in [0.4, 0.5) is 26.3 Å². The molecule has 0 spiro atoms. The lowest BCUT2D eigenvalue weighted by Crippen LogP contribution is -2.42. The first-order valence-electron chi connectivity index (χ1n) is 2.43. The van der Waals surface area contributed by atoms with Crippen LogP contribution >= 0.6 is 0 Å². The second-order valence-electron chi connectivity index (χ2n) is 1.85. The summed E-state index contributed by atoms with van der Waals surface area (Å²) in [5, 5.41) is 7.60. The third-order valence-corrected chi connectivity index (χ3v) is 0.902. The Morgan fingerprint density at radius 1 is 1.00 bits per heavy atom. The lowest BCUT2D eigenvalue weighted by molar-refractivity contribution is -0.280. The van der Waals surface area contributed by atoms with Gasteiger partial charge in [0.25, 0.3) is 0 Å². The van der Waals surface area contributed by atoms with Gasteiger partial charge in [-0.25, -0.2) is 0 Å². The van der Waals surface area contributed by atoms with E-state index in [1.165, 1.54) is 0 Å². The maximum absolute atomic E-state index is 11.4. The fourth-order valence-corrected chi connectivity index (χ4v) is 0.466. The standard InChI is InChI=1S/C4H2F6O2.H2O/c5-3(6,7)1(2(11)12)4(8,9)10;/h1H,(H,11,12);1H2. The highest BCUT2D eigenvalue weighted by Gasteiger charge is 2.61. The van der Waals surface area contributed by atoms with Crippen molar-refractivity contribution >= 4 is 5.97 Å². The summed E-state index contributed by atoms with van der Waals surface area (Å²) in [4.78, 5) is 9.55. The zero-order chi connectivity index (χ0) is 10.2. The van der Waals surface area contributed by atoms with Gasteiger partial charge in [-0.1, -0.05) is 0 Å². The van der Waals surface area contributed by atoms with Crippen LogP contribution in [0.3, 0.4) is 0 Å². The second-order valence-corrected chi connectivity index (χ2v) is 1.85. The SMILES string of the molecule is O.O=C(O)C(C(F)(F)F)C(F)(F)F. The molecule has 0 saturated heterocycles. The summed E-state index contributed by atoms with van der Waals surface area (Å²) in [7, 11) is 0. The van der Waals surface area contributed by atoms with Gasteiger partial charge < -0.3 is 10.6 Å². The predicted octanol–water partition coefficient (Wildman–Crippen LogP) is 0.987. The molecule has 80 valence electrons. The molecular weight excluding hydrogens is 210 g/mol. The smallest absolute Gasteiger partial charge is 0.411 e. The molecule has 0 amide bonds. The number of aliphatic carboxylic acids is 1. The summed E-state index contributed by atoms with van der Waals surface area (Å²) in [5.74, 6) is -7.25. The van der Waals surface area contributed by atoms with Gasteiger partial charge in [0.1, 0.15) is 0 Å². The van der Waals surface area contributed by atoms with Gasteiger partial charge in [-0.2, -0.15) is 26.3 Å². The Kier molecular flexibility index (Phi) is 4.26. The predicted molar refractivity (Wildman–Crippen MR) is 26.8 cm³/mol. The molecule has 3 nitrogen and oxygen atoms in total. The third kappa shape index (κ3) is 3.97. The summed E-state index contributed by atoms with van der Waals surface area (Å²) in [6.45, 7) is 0. The van der Waals surface area contributed by atoms with Crippen LogP contribution in [0.2, 0.25) is 0 Å². The Morgan fingerprint density at radius 2 is 1.23 bits per heavy atom. The highest BCUT2D eigenvalue weighted by Crippen LogP contribution is 2.39. The van der Waals surface area contributed by atoms with E-state index in [9.17, 15) is 31.1 Å². The van der Waals surface area contributed by atoms with Crippen molar-refractivity contribution in [3.05, 3.63) is 0 Å². The summed E-state index contributed by atoms with van der Waals surface area (Å²) in [6, 6.07) is 0. The number of carboxylic acids is 1. The number of halogens is 6. The zero-order valence-corrected chi connectivity index (χ0v) is 5.70. The van der Waals surface area contributed by atoms with Crippen molar-refractivity contribution in [2.45, 2.75) is 12.4 Å². The van der Waals surface area contributed by atoms with E-state index in [1.807, 2.05) is 0 Å². The van der Waals surface area contributed by atoms with E-state index in [4.69, 9.17) is 5.11 Å².